The Hall–Kier alpha value is -2.84. The number of anilines is 1. The van der Waals surface area contributed by atoms with E-state index in [1.165, 1.54) is 28.8 Å². The third kappa shape index (κ3) is 5.44. The molecule has 2 aromatic carbocycles. The third-order valence-corrected chi connectivity index (χ3v) is 7.37. The van der Waals surface area contributed by atoms with Crippen LogP contribution >= 0.6 is 23.4 Å². The molecular formula is C27H30ClFN4O2S. The molecule has 0 spiro atoms. The molecule has 6 nitrogen and oxygen atoms in total. The van der Waals surface area contributed by atoms with Crippen LogP contribution < -0.4 is 10.2 Å². The van der Waals surface area contributed by atoms with Crippen LogP contribution in [0, 0.1) is 5.82 Å². The minimum Gasteiger partial charge on any atom is -0.355 e. The molecule has 1 aliphatic rings. The first-order valence-corrected chi connectivity index (χ1v) is 13.4. The molecule has 2 amide bonds. The van der Waals surface area contributed by atoms with Gasteiger partial charge in [-0.1, -0.05) is 57.5 Å². The SMILES string of the molecule is CCCNC(=O)CN1C(=O)CSC(c2cccc(F)c2)c2c(C(C)(C)C)nn(-c3cccc(Cl)c3)c21. The van der Waals surface area contributed by atoms with Crippen molar-refractivity contribution >= 4 is 41.0 Å². The summed E-state index contributed by atoms with van der Waals surface area (Å²) in [4.78, 5) is 27.9. The number of nitrogens with one attached hydrogen (secondary N) is 1. The second-order valence-electron chi connectivity index (χ2n) is 9.80. The highest BCUT2D eigenvalue weighted by atomic mass is 35.5. The van der Waals surface area contributed by atoms with E-state index in [9.17, 15) is 14.0 Å². The number of hydrogen-bond donors (Lipinski definition) is 1. The summed E-state index contributed by atoms with van der Waals surface area (Å²) >= 11 is 7.74. The number of rotatable bonds is 6. The van der Waals surface area contributed by atoms with Crippen LogP contribution in [0.1, 0.15) is 56.2 Å². The summed E-state index contributed by atoms with van der Waals surface area (Å²) in [6, 6.07) is 13.7. The zero-order valence-corrected chi connectivity index (χ0v) is 22.4. The van der Waals surface area contributed by atoms with Crippen molar-refractivity contribution in [1.29, 1.82) is 0 Å². The summed E-state index contributed by atoms with van der Waals surface area (Å²) in [6.07, 6.45) is 0.789. The van der Waals surface area contributed by atoms with Gasteiger partial charge in [-0.3, -0.25) is 14.5 Å². The Morgan fingerprint density at radius 3 is 2.64 bits per heavy atom. The van der Waals surface area contributed by atoms with E-state index >= 15 is 0 Å². The summed E-state index contributed by atoms with van der Waals surface area (Å²) in [5.41, 5.74) is 2.58. The summed E-state index contributed by atoms with van der Waals surface area (Å²) in [7, 11) is 0. The van der Waals surface area contributed by atoms with Crippen molar-refractivity contribution in [3.63, 3.8) is 0 Å². The molecule has 3 aromatic rings. The average molecular weight is 529 g/mol. The number of aromatic nitrogens is 2. The van der Waals surface area contributed by atoms with Crippen LogP contribution in [0.3, 0.4) is 0 Å². The highest BCUT2D eigenvalue weighted by Gasteiger charge is 2.40. The lowest BCUT2D eigenvalue weighted by Gasteiger charge is -2.24. The number of carbonyl (C=O) groups excluding carboxylic acids is 2. The Morgan fingerprint density at radius 1 is 1.22 bits per heavy atom. The van der Waals surface area contributed by atoms with Gasteiger partial charge in [0.2, 0.25) is 11.8 Å². The second kappa shape index (κ2) is 10.6. The fourth-order valence-corrected chi connectivity index (χ4v) is 5.63. The summed E-state index contributed by atoms with van der Waals surface area (Å²) in [5, 5.41) is 8.03. The number of amides is 2. The molecular weight excluding hydrogens is 499 g/mol. The largest absolute Gasteiger partial charge is 0.355 e. The van der Waals surface area contributed by atoms with Gasteiger partial charge in [-0.25, -0.2) is 9.07 Å². The van der Waals surface area contributed by atoms with Crippen molar-refractivity contribution in [2.24, 2.45) is 0 Å². The Morgan fingerprint density at radius 2 is 1.97 bits per heavy atom. The van der Waals surface area contributed by atoms with Crippen LogP contribution in [0.4, 0.5) is 10.2 Å². The van der Waals surface area contributed by atoms with Gasteiger partial charge in [-0.15, -0.1) is 11.8 Å². The van der Waals surface area contributed by atoms with Gasteiger partial charge in [0.15, 0.2) is 0 Å². The minimum atomic E-state index is -0.399. The first kappa shape index (κ1) is 26.2. The van der Waals surface area contributed by atoms with Gasteiger partial charge in [0.25, 0.3) is 0 Å². The fourth-order valence-electron chi connectivity index (χ4n) is 4.26. The van der Waals surface area contributed by atoms with Crippen molar-refractivity contribution in [1.82, 2.24) is 15.1 Å². The van der Waals surface area contributed by atoms with Gasteiger partial charge in [0.05, 0.1) is 22.4 Å². The lowest BCUT2D eigenvalue weighted by atomic mass is 9.87. The van der Waals surface area contributed by atoms with Crippen molar-refractivity contribution < 1.29 is 14.0 Å². The molecule has 1 unspecified atom stereocenters. The lowest BCUT2D eigenvalue weighted by molar-refractivity contribution is -0.122. The van der Waals surface area contributed by atoms with E-state index in [1.54, 1.807) is 22.9 Å². The standard InChI is InChI=1S/C27H30ClFN4O2S/c1-5-12-30-21(34)15-32-22(35)16-36-24(17-8-6-10-19(29)13-17)23-25(27(2,3)4)31-33(26(23)32)20-11-7-9-18(28)14-20/h6-11,13-14,24H,5,12,15-16H2,1-4H3,(H,30,34). The van der Waals surface area contributed by atoms with Gasteiger partial charge in [-0.2, -0.15) is 5.10 Å². The lowest BCUT2D eigenvalue weighted by Crippen LogP contribution is -2.42. The molecule has 1 atom stereocenters. The zero-order chi connectivity index (χ0) is 26.0. The van der Waals surface area contributed by atoms with E-state index in [0.717, 1.165) is 23.2 Å². The zero-order valence-electron chi connectivity index (χ0n) is 20.8. The monoisotopic (exact) mass is 528 g/mol. The molecule has 36 heavy (non-hydrogen) atoms. The molecule has 1 aliphatic heterocycles. The van der Waals surface area contributed by atoms with Crippen LogP contribution in [-0.2, 0) is 15.0 Å². The molecule has 4 rings (SSSR count). The normalized spacial score (nSPS) is 16.0. The van der Waals surface area contributed by atoms with Gasteiger partial charge in [0.1, 0.15) is 18.2 Å². The van der Waals surface area contributed by atoms with Gasteiger partial charge in [0, 0.05) is 22.5 Å². The van der Waals surface area contributed by atoms with Gasteiger partial charge >= 0.3 is 0 Å². The van der Waals surface area contributed by atoms with E-state index in [-0.39, 0.29) is 35.2 Å². The number of benzene rings is 2. The minimum absolute atomic E-state index is 0.135. The van der Waals surface area contributed by atoms with Gasteiger partial charge < -0.3 is 5.32 Å². The molecule has 190 valence electrons. The van der Waals surface area contributed by atoms with Crippen molar-refractivity contribution in [2.45, 2.75) is 44.8 Å². The predicted octanol–water partition coefficient (Wildman–Crippen LogP) is 5.66. The van der Waals surface area contributed by atoms with Crippen molar-refractivity contribution in [2.75, 3.05) is 23.7 Å². The molecule has 0 radical (unpaired) electrons. The first-order chi connectivity index (χ1) is 17.1. The molecule has 0 fully saturated rings. The highest BCUT2D eigenvalue weighted by molar-refractivity contribution is 8.00. The Kier molecular flexibility index (Phi) is 7.76. The number of hydrogen-bond acceptors (Lipinski definition) is 4. The highest BCUT2D eigenvalue weighted by Crippen LogP contribution is 2.48. The van der Waals surface area contributed by atoms with E-state index in [1.807, 2.05) is 25.1 Å². The predicted molar refractivity (Wildman–Crippen MR) is 144 cm³/mol. The summed E-state index contributed by atoms with van der Waals surface area (Å²) < 4.78 is 16.0. The van der Waals surface area contributed by atoms with Crippen molar-refractivity contribution in [3.8, 4) is 5.69 Å². The number of fused-ring (bicyclic) bond motifs is 1. The maximum atomic E-state index is 14.3. The van der Waals surface area contributed by atoms with Crippen LogP contribution in [0.15, 0.2) is 48.5 Å². The van der Waals surface area contributed by atoms with E-state index in [4.69, 9.17) is 16.7 Å². The molecule has 0 saturated heterocycles. The number of halogens is 2. The second-order valence-corrected chi connectivity index (χ2v) is 11.3. The van der Waals surface area contributed by atoms with Crippen LogP contribution in [0.2, 0.25) is 5.02 Å². The quantitative estimate of drug-likeness (QED) is 0.448. The van der Waals surface area contributed by atoms with Crippen LogP contribution in [0.5, 0.6) is 0 Å². The molecule has 0 bridgehead atoms. The molecule has 1 aromatic heterocycles. The maximum absolute atomic E-state index is 14.3. The van der Waals surface area contributed by atoms with Crippen LogP contribution in [0.25, 0.3) is 5.69 Å². The Bertz CT molecular complexity index is 1290. The summed E-state index contributed by atoms with van der Waals surface area (Å²) in [5.74, 6) is -0.161. The Labute approximate surface area is 220 Å². The summed E-state index contributed by atoms with van der Waals surface area (Å²) in [6.45, 7) is 8.51. The molecule has 0 saturated carbocycles. The number of thioether (sulfide) groups is 1. The molecule has 2 heterocycles. The third-order valence-electron chi connectivity index (χ3n) is 5.88. The maximum Gasteiger partial charge on any atom is 0.240 e. The Balaban J connectivity index is 2.00. The van der Waals surface area contributed by atoms with Crippen LogP contribution in [-0.4, -0.2) is 40.4 Å². The molecule has 9 heteroatoms. The smallest absolute Gasteiger partial charge is 0.240 e. The first-order valence-electron chi connectivity index (χ1n) is 11.9. The van der Waals surface area contributed by atoms with Gasteiger partial charge in [-0.05, 0) is 42.3 Å². The molecule has 1 N–H and O–H groups in total. The number of carbonyl (C=O) groups is 2. The van der Waals surface area contributed by atoms with Crippen molar-refractivity contribution in [3.05, 3.63) is 76.2 Å². The number of nitrogens with zero attached hydrogens (tertiary/aromatic N) is 3. The topological polar surface area (TPSA) is 67.2 Å². The molecule has 0 aliphatic carbocycles. The van der Waals surface area contributed by atoms with E-state index in [2.05, 4.69) is 26.1 Å². The fraction of sp³-hybridized carbons (Fsp3) is 0.370. The van der Waals surface area contributed by atoms with E-state index < -0.39 is 5.41 Å². The van der Waals surface area contributed by atoms with E-state index in [0.29, 0.717) is 23.1 Å². The average Bonchev–Trinajstić information content (AvgIpc) is 3.16.